The Bertz CT molecular complexity index is 613. The summed E-state index contributed by atoms with van der Waals surface area (Å²) in [6.45, 7) is 0. The third-order valence-corrected chi connectivity index (χ3v) is 2.72. The number of nitrogens with one attached hydrogen (secondary N) is 2. The molecule has 2 aromatic heterocycles. The summed E-state index contributed by atoms with van der Waals surface area (Å²) in [6.07, 6.45) is 6.79. The number of pyridine rings is 2. The molecule has 0 radical (unpaired) electrons. The number of aryl methyl sites for hydroxylation is 2. The summed E-state index contributed by atoms with van der Waals surface area (Å²) in [5.74, 6) is 0. The van der Waals surface area contributed by atoms with Crippen LogP contribution in [0.1, 0.15) is 11.1 Å². The summed E-state index contributed by atoms with van der Waals surface area (Å²) in [4.78, 5) is 0. The van der Waals surface area contributed by atoms with Crippen LogP contribution in [0.2, 0.25) is 0 Å². The zero-order chi connectivity index (χ0) is 13.1. The Balaban J connectivity index is 2.21. The molecule has 0 unspecified atom stereocenters. The SMILES string of the molecule is N=c1ccn(O)cc1CCc1cn(O)ccc1=N. The maximum Gasteiger partial charge on any atom is 0.0603 e. The largest absolute Gasteiger partial charge is 0.429 e. The maximum atomic E-state index is 9.29. The van der Waals surface area contributed by atoms with Crippen LogP contribution >= 0.6 is 0 Å². The number of rotatable bonds is 3. The molecule has 6 nitrogen and oxygen atoms in total. The molecule has 0 amide bonds. The summed E-state index contributed by atoms with van der Waals surface area (Å²) in [6, 6.07) is 3.02. The first kappa shape index (κ1) is 12.0. The Labute approximate surface area is 103 Å². The van der Waals surface area contributed by atoms with Gasteiger partial charge < -0.3 is 21.2 Å². The summed E-state index contributed by atoms with van der Waals surface area (Å²) < 4.78 is 1.82. The predicted octanol–water partition coefficient (Wildman–Crippen LogP) is 0.508. The van der Waals surface area contributed by atoms with E-state index in [2.05, 4.69) is 0 Å². The van der Waals surface area contributed by atoms with Crippen molar-refractivity contribution < 1.29 is 10.4 Å². The lowest BCUT2D eigenvalue weighted by molar-refractivity contribution is 0.182. The summed E-state index contributed by atoms with van der Waals surface area (Å²) in [5.41, 5.74) is 1.38. The first-order valence-electron chi connectivity index (χ1n) is 5.46. The van der Waals surface area contributed by atoms with Crippen molar-refractivity contribution >= 4 is 0 Å². The van der Waals surface area contributed by atoms with Crippen molar-refractivity contribution in [1.82, 2.24) is 9.46 Å². The van der Waals surface area contributed by atoms with Crippen molar-refractivity contribution in [2.75, 3.05) is 0 Å². The minimum absolute atomic E-state index is 0.347. The zero-order valence-electron chi connectivity index (χ0n) is 9.67. The smallest absolute Gasteiger partial charge is 0.0603 e. The number of aromatic nitrogens is 2. The number of hydrogen-bond donors (Lipinski definition) is 4. The second-order valence-corrected chi connectivity index (χ2v) is 4.03. The molecule has 0 fully saturated rings. The van der Waals surface area contributed by atoms with Gasteiger partial charge in [0.25, 0.3) is 0 Å². The van der Waals surface area contributed by atoms with Gasteiger partial charge in [-0.05, 0) is 36.1 Å². The van der Waals surface area contributed by atoms with Crippen LogP contribution in [0.3, 0.4) is 0 Å². The fourth-order valence-electron chi connectivity index (χ4n) is 1.73. The van der Waals surface area contributed by atoms with Gasteiger partial charge in [-0.3, -0.25) is 0 Å². The minimum Gasteiger partial charge on any atom is -0.429 e. The lowest BCUT2D eigenvalue weighted by Gasteiger charge is -2.05. The molecule has 2 rings (SSSR count). The van der Waals surface area contributed by atoms with Gasteiger partial charge in [0.15, 0.2) is 0 Å². The highest BCUT2D eigenvalue weighted by Crippen LogP contribution is 1.99. The molecule has 0 aliphatic rings. The van der Waals surface area contributed by atoms with Gasteiger partial charge in [0, 0.05) is 24.8 Å². The second kappa shape index (κ2) is 4.79. The fraction of sp³-hybridized carbons (Fsp3) is 0.167. The Morgan fingerprint density at radius 3 is 1.61 bits per heavy atom. The average molecular weight is 246 g/mol. The minimum atomic E-state index is 0.347. The molecule has 4 N–H and O–H groups in total. The summed E-state index contributed by atoms with van der Waals surface area (Å²) >= 11 is 0. The van der Waals surface area contributed by atoms with Gasteiger partial charge in [-0.1, -0.05) is 0 Å². The van der Waals surface area contributed by atoms with E-state index in [9.17, 15) is 10.4 Å². The molecule has 2 heterocycles. The third kappa shape index (κ3) is 2.60. The van der Waals surface area contributed by atoms with Gasteiger partial charge >= 0.3 is 0 Å². The number of hydrogen-bond acceptors (Lipinski definition) is 4. The highest BCUT2D eigenvalue weighted by Gasteiger charge is 2.02. The van der Waals surface area contributed by atoms with Crippen LogP contribution in [0.4, 0.5) is 0 Å². The highest BCUT2D eigenvalue weighted by atomic mass is 16.5. The van der Waals surface area contributed by atoms with Gasteiger partial charge in [-0.25, -0.2) is 9.46 Å². The molecule has 2 aromatic rings. The van der Waals surface area contributed by atoms with Crippen molar-refractivity contribution in [3.8, 4) is 0 Å². The third-order valence-electron chi connectivity index (χ3n) is 2.72. The van der Waals surface area contributed by atoms with Crippen LogP contribution in [-0.4, -0.2) is 19.9 Å². The predicted molar refractivity (Wildman–Crippen MR) is 62.4 cm³/mol. The molecular formula is C12H14N4O2. The lowest BCUT2D eigenvalue weighted by Crippen LogP contribution is -2.16. The van der Waals surface area contributed by atoms with Gasteiger partial charge in [0.1, 0.15) is 0 Å². The van der Waals surface area contributed by atoms with Gasteiger partial charge in [0.2, 0.25) is 0 Å². The summed E-state index contributed by atoms with van der Waals surface area (Å²) in [7, 11) is 0. The Morgan fingerprint density at radius 2 is 1.22 bits per heavy atom. The van der Waals surface area contributed by atoms with Crippen molar-refractivity contribution in [1.29, 1.82) is 10.8 Å². The fourth-order valence-corrected chi connectivity index (χ4v) is 1.73. The van der Waals surface area contributed by atoms with Crippen LogP contribution in [0, 0.1) is 10.8 Å². The van der Waals surface area contributed by atoms with E-state index in [1.165, 1.54) is 36.9 Å². The first-order valence-corrected chi connectivity index (χ1v) is 5.46. The monoisotopic (exact) mass is 246 g/mol. The molecular weight excluding hydrogens is 232 g/mol. The molecule has 0 saturated heterocycles. The Kier molecular flexibility index (Phi) is 3.18. The van der Waals surface area contributed by atoms with E-state index in [0.29, 0.717) is 34.7 Å². The first-order chi connectivity index (χ1) is 8.56. The quantitative estimate of drug-likeness (QED) is 0.593. The Hall–Kier alpha value is -2.50. The van der Waals surface area contributed by atoms with Crippen LogP contribution in [0.25, 0.3) is 0 Å². The highest BCUT2D eigenvalue weighted by molar-refractivity contribution is 5.14. The zero-order valence-corrected chi connectivity index (χ0v) is 9.67. The molecule has 0 bridgehead atoms. The van der Waals surface area contributed by atoms with Crippen molar-refractivity contribution in [2.45, 2.75) is 12.8 Å². The molecule has 94 valence electrons. The number of nitrogens with zero attached hydrogens (tertiary/aromatic N) is 2. The van der Waals surface area contributed by atoms with Crippen molar-refractivity contribution in [3.63, 3.8) is 0 Å². The van der Waals surface area contributed by atoms with E-state index in [4.69, 9.17) is 10.8 Å². The van der Waals surface area contributed by atoms with Crippen LogP contribution < -0.4 is 10.7 Å². The van der Waals surface area contributed by atoms with Gasteiger partial charge in [0.05, 0.1) is 10.7 Å². The van der Waals surface area contributed by atoms with Crippen molar-refractivity contribution in [2.24, 2.45) is 0 Å². The lowest BCUT2D eigenvalue weighted by atomic mass is 10.1. The van der Waals surface area contributed by atoms with Crippen LogP contribution in [0.15, 0.2) is 36.9 Å². The van der Waals surface area contributed by atoms with E-state index in [1.807, 2.05) is 0 Å². The van der Waals surface area contributed by atoms with E-state index < -0.39 is 0 Å². The van der Waals surface area contributed by atoms with E-state index in [0.717, 1.165) is 9.46 Å². The molecule has 0 spiro atoms. The van der Waals surface area contributed by atoms with Crippen LogP contribution in [0.5, 0.6) is 0 Å². The molecule has 18 heavy (non-hydrogen) atoms. The topological polar surface area (TPSA) is 98.0 Å². The second-order valence-electron chi connectivity index (χ2n) is 4.03. The molecule has 6 heteroatoms. The maximum absolute atomic E-state index is 9.29. The van der Waals surface area contributed by atoms with E-state index >= 15 is 0 Å². The molecule has 0 saturated carbocycles. The van der Waals surface area contributed by atoms with E-state index in [1.54, 1.807) is 0 Å². The standard InChI is InChI=1S/C12H14N4O2/c13-11-3-5-15(17)7-9(11)1-2-10-8-16(18)6-4-12(10)14/h3-8,13-14,17-18H,1-2H2. The normalized spacial score (nSPS) is 10.4. The van der Waals surface area contributed by atoms with Crippen LogP contribution in [-0.2, 0) is 12.8 Å². The molecule has 0 aliphatic heterocycles. The Morgan fingerprint density at radius 1 is 0.833 bits per heavy atom. The average Bonchev–Trinajstić information content (AvgIpc) is 2.34. The van der Waals surface area contributed by atoms with Crippen molar-refractivity contribution in [3.05, 3.63) is 58.8 Å². The van der Waals surface area contributed by atoms with Gasteiger partial charge in [-0.15, -0.1) is 0 Å². The van der Waals surface area contributed by atoms with E-state index in [-0.39, 0.29) is 0 Å². The van der Waals surface area contributed by atoms with Gasteiger partial charge in [-0.2, -0.15) is 0 Å². The molecule has 0 aliphatic carbocycles. The molecule has 0 atom stereocenters. The molecule has 0 aromatic carbocycles. The summed E-state index contributed by atoms with van der Waals surface area (Å²) in [5, 5.41) is 34.7.